The highest BCUT2D eigenvalue weighted by Crippen LogP contribution is 2.21. The average molecular weight is 467 g/mol. The Morgan fingerprint density at radius 2 is 1.69 bits per heavy atom. The molecule has 0 saturated carbocycles. The van der Waals surface area contributed by atoms with Crippen molar-refractivity contribution in [1.29, 1.82) is 0 Å². The summed E-state index contributed by atoms with van der Waals surface area (Å²) in [6.07, 6.45) is 0.698. The number of esters is 1. The molecule has 8 nitrogen and oxygen atoms in total. The van der Waals surface area contributed by atoms with Gasteiger partial charge in [-0.25, -0.2) is 9.18 Å². The van der Waals surface area contributed by atoms with Crippen molar-refractivity contribution < 1.29 is 31.3 Å². The zero-order valence-electron chi connectivity index (χ0n) is 18.2. The molecule has 2 aromatic rings. The van der Waals surface area contributed by atoms with E-state index in [9.17, 15) is 22.4 Å². The van der Waals surface area contributed by atoms with Crippen LogP contribution in [0.4, 0.5) is 9.18 Å². The first kappa shape index (κ1) is 25.1. The first-order valence-electron chi connectivity index (χ1n) is 10.1. The van der Waals surface area contributed by atoms with Crippen LogP contribution in [0.15, 0.2) is 53.4 Å². The van der Waals surface area contributed by atoms with Gasteiger partial charge >= 0.3 is 22.1 Å². The number of amides is 2. The number of carbonyl (C=O) groups is 2. The summed E-state index contributed by atoms with van der Waals surface area (Å²) < 4.78 is 47.6. The lowest BCUT2D eigenvalue weighted by Gasteiger charge is -2.28. The van der Waals surface area contributed by atoms with Crippen LogP contribution < -0.4 is 9.50 Å². The molecule has 1 N–H and O–H groups in total. The lowest BCUT2D eigenvalue weighted by Crippen LogP contribution is -2.46. The van der Waals surface area contributed by atoms with Crippen LogP contribution in [0.5, 0.6) is 5.75 Å². The number of ether oxygens (including phenoxy) is 1. The van der Waals surface area contributed by atoms with E-state index in [0.717, 1.165) is 29.8 Å². The normalized spacial score (nSPS) is 12.0. The highest BCUT2D eigenvalue weighted by molar-refractivity contribution is 7.87. The molecule has 0 saturated heterocycles. The van der Waals surface area contributed by atoms with Crippen molar-refractivity contribution in [3.05, 3.63) is 59.9 Å². The van der Waals surface area contributed by atoms with Gasteiger partial charge in [-0.3, -0.25) is 4.79 Å². The van der Waals surface area contributed by atoms with Crippen molar-refractivity contribution in [2.24, 2.45) is 0 Å². The predicted molar refractivity (Wildman–Crippen MR) is 116 cm³/mol. The Morgan fingerprint density at radius 3 is 2.25 bits per heavy atom. The van der Waals surface area contributed by atoms with E-state index in [2.05, 4.69) is 5.32 Å². The third kappa shape index (κ3) is 7.23. The molecule has 2 aromatic carbocycles. The zero-order chi connectivity index (χ0) is 23.7. The second-order valence-corrected chi connectivity index (χ2v) is 8.53. The van der Waals surface area contributed by atoms with Gasteiger partial charge in [-0.1, -0.05) is 19.1 Å². The van der Waals surface area contributed by atoms with Crippen molar-refractivity contribution in [3.63, 3.8) is 0 Å². The summed E-state index contributed by atoms with van der Waals surface area (Å²) in [5, 5.41) is 2.55. The second-order valence-electron chi connectivity index (χ2n) is 6.98. The fourth-order valence-electron chi connectivity index (χ4n) is 2.73. The molecule has 1 atom stereocenters. The molecule has 0 spiro atoms. The SMILES string of the molecule is CCOC(=O)CNC(=O)N(Cc1ccc(OS(=O)(=O)c2ccc(F)cc2)cc1)[C@@H](C)CC. The van der Waals surface area contributed by atoms with Gasteiger partial charge in [0.1, 0.15) is 23.0 Å². The molecule has 0 aromatic heterocycles. The quantitative estimate of drug-likeness (QED) is 0.425. The van der Waals surface area contributed by atoms with Gasteiger partial charge in [0.15, 0.2) is 0 Å². The van der Waals surface area contributed by atoms with Crippen LogP contribution in [-0.2, 0) is 26.2 Å². The molecular formula is C22H27FN2O6S. The third-order valence-corrected chi connectivity index (χ3v) is 5.92. The van der Waals surface area contributed by atoms with E-state index in [0.29, 0.717) is 6.42 Å². The van der Waals surface area contributed by atoms with Gasteiger partial charge in [-0.05, 0) is 62.2 Å². The van der Waals surface area contributed by atoms with Crippen LogP contribution in [0.3, 0.4) is 0 Å². The van der Waals surface area contributed by atoms with Crippen molar-refractivity contribution in [2.45, 2.75) is 44.7 Å². The molecule has 2 amide bonds. The molecule has 174 valence electrons. The summed E-state index contributed by atoms with van der Waals surface area (Å²) in [7, 11) is -4.10. The van der Waals surface area contributed by atoms with Crippen LogP contribution in [0, 0.1) is 5.82 Å². The van der Waals surface area contributed by atoms with Gasteiger partial charge in [0.2, 0.25) is 0 Å². The summed E-state index contributed by atoms with van der Waals surface area (Å²) in [6.45, 7) is 5.76. The minimum absolute atomic E-state index is 0.0833. The summed E-state index contributed by atoms with van der Waals surface area (Å²) in [4.78, 5) is 25.5. The molecule has 32 heavy (non-hydrogen) atoms. The molecule has 0 radical (unpaired) electrons. The zero-order valence-corrected chi connectivity index (χ0v) is 19.0. The van der Waals surface area contributed by atoms with E-state index >= 15 is 0 Å². The lowest BCUT2D eigenvalue weighted by atomic mass is 10.1. The lowest BCUT2D eigenvalue weighted by molar-refractivity contribution is -0.141. The summed E-state index contributed by atoms with van der Waals surface area (Å²) in [6, 6.07) is 10.0. The topological polar surface area (TPSA) is 102 Å². The average Bonchev–Trinajstić information content (AvgIpc) is 2.76. The Kier molecular flexibility index (Phi) is 9.01. The maximum atomic E-state index is 13.0. The maximum Gasteiger partial charge on any atom is 0.339 e. The van der Waals surface area contributed by atoms with Crippen LogP contribution in [0.2, 0.25) is 0 Å². The molecule has 0 aliphatic rings. The number of benzene rings is 2. The van der Waals surface area contributed by atoms with E-state index in [1.54, 1.807) is 24.0 Å². The number of hydrogen-bond acceptors (Lipinski definition) is 6. The number of halogens is 1. The Balaban J connectivity index is 2.06. The molecule has 0 aliphatic heterocycles. The maximum absolute atomic E-state index is 13.0. The predicted octanol–water partition coefficient (Wildman–Crippen LogP) is 3.47. The molecular weight excluding hydrogens is 439 g/mol. The highest BCUT2D eigenvalue weighted by Gasteiger charge is 2.21. The van der Waals surface area contributed by atoms with Crippen molar-refractivity contribution in [3.8, 4) is 5.75 Å². The molecule has 2 rings (SSSR count). The molecule has 0 aliphatic carbocycles. The fraction of sp³-hybridized carbons (Fsp3) is 0.364. The van der Waals surface area contributed by atoms with Gasteiger partial charge in [0.25, 0.3) is 0 Å². The number of rotatable bonds is 10. The number of nitrogens with one attached hydrogen (secondary N) is 1. The van der Waals surface area contributed by atoms with E-state index in [1.807, 2.05) is 13.8 Å². The summed E-state index contributed by atoms with van der Waals surface area (Å²) in [5.74, 6) is -0.987. The Bertz CT molecular complexity index is 1010. The van der Waals surface area contributed by atoms with E-state index < -0.39 is 27.9 Å². The van der Waals surface area contributed by atoms with Crippen molar-refractivity contribution in [1.82, 2.24) is 10.2 Å². The third-order valence-electron chi connectivity index (χ3n) is 4.66. The summed E-state index contributed by atoms with van der Waals surface area (Å²) in [5.41, 5.74) is 0.739. The van der Waals surface area contributed by atoms with Gasteiger partial charge in [0.05, 0.1) is 6.61 Å². The summed E-state index contributed by atoms with van der Waals surface area (Å²) >= 11 is 0. The number of hydrogen-bond donors (Lipinski definition) is 1. The Labute approximate surface area is 187 Å². The van der Waals surface area contributed by atoms with Crippen molar-refractivity contribution >= 4 is 22.1 Å². The minimum Gasteiger partial charge on any atom is -0.465 e. The minimum atomic E-state index is -4.10. The van der Waals surface area contributed by atoms with Crippen LogP contribution in [-0.4, -0.2) is 44.5 Å². The van der Waals surface area contributed by atoms with Gasteiger partial charge in [-0.15, -0.1) is 0 Å². The van der Waals surface area contributed by atoms with Gasteiger partial charge in [-0.2, -0.15) is 8.42 Å². The largest absolute Gasteiger partial charge is 0.465 e. The smallest absolute Gasteiger partial charge is 0.339 e. The van der Waals surface area contributed by atoms with Crippen LogP contribution >= 0.6 is 0 Å². The molecule has 0 bridgehead atoms. The van der Waals surface area contributed by atoms with Gasteiger partial charge < -0.3 is 19.1 Å². The second kappa shape index (κ2) is 11.5. The monoisotopic (exact) mass is 466 g/mol. The van der Waals surface area contributed by atoms with E-state index in [-0.39, 0.29) is 36.4 Å². The molecule has 0 heterocycles. The molecule has 0 unspecified atom stereocenters. The number of urea groups is 1. The fourth-order valence-corrected chi connectivity index (χ4v) is 3.66. The number of carbonyl (C=O) groups excluding carboxylic acids is 2. The van der Waals surface area contributed by atoms with Crippen LogP contribution in [0.1, 0.15) is 32.8 Å². The Hall–Kier alpha value is -3.14. The molecule has 0 fully saturated rings. The van der Waals surface area contributed by atoms with Gasteiger partial charge in [0, 0.05) is 12.6 Å². The first-order chi connectivity index (χ1) is 15.2. The highest BCUT2D eigenvalue weighted by atomic mass is 32.2. The van der Waals surface area contributed by atoms with E-state index in [4.69, 9.17) is 8.92 Å². The van der Waals surface area contributed by atoms with Crippen LogP contribution in [0.25, 0.3) is 0 Å². The first-order valence-corrected chi connectivity index (χ1v) is 11.6. The Morgan fingerprint density at radius 1 is 1.06 bits per heavy atom. The standard InChI is InChI=1S/C22H27FN2O6S/c1-4-16(3)25(22(27)24-14-21(26)30-5-2)15-17-6-10-19(11-7-17)31-32(28,29)20-12-8-18(23)9-13-20/h6-13,16H,4-5,14-15H2,1-3H3,(H,24,27)/t16-/m0/s1. The van der Waals surface area contributed by atoms with E-state index in [1.165, 1.54) is 12.1 Å². The molecule has 10 heteroatoms. The number of nitrogens with zero attached hydrogens (tertiary/aromatic N) is 1. The van der Waals surface area contributed by atoms with Crippen molar-refractivity contribution in [2.75, 3.05) is 13.2 Å².